The number of hydrogen-bond donors (Lipinski definition) is 1. The van der Waals surface area contributed by atoms with E-state index in [2.05, 4.69) is 6.92 Å². The van der Waals surface area contributed by atoms with Gasteiger partial charge < -0.3 is 10.5 Å². The highest BCUT2D eigenvalue weighted by molar-refractivity contribution is 5.92. The third-order valence-electron chi connectivity index (χ3n) is 2.26. The van der Waals surface area contributed by atoms with Crippen molar-refractivity contribution < 1.29 is 9.53 Å². The Labute approximate surface area is 95.9 Å². The van der Waals surface area contributed by atoms with Crippen LogP contribution in [0.15, 0.2) is 30.0 Å². The smallest absolute Gasteiger partial charge is 0.354 e. The molecule has 0 fully saturated rings. The van der Waals surface area contributed by atoms with Gasteiger partial charge >= 0.3 is 5.97 Å². The van der Waals surface area contributed by atoms with Crippen LogP contribution in [0.1, 0.15) is 25.0 Å². The normalized spacial score (nSPS) is 11.2. The van der Waals surface area contributed by atoms with Gasteiger partial charge in [-0.3, -0.25) is 0 Å². The second-order valence-electron chi connectivity index (χ2n) is 3.37. The molecule has 0 saturated carbocycles. The molecule has 1 aromatic rings. The summed E-state index contributed by atoms with van der Waals surface area (Å²) in [5, 5.41) is 0. The van der Waals surface area contributed by atoms with Crippen molar-refractivity contribution in [2.45, 2.75) is 20.3 Å². The maximum atomic E-state index is 11.3. The Morgan fingerprint density at radius 2 is 2.06 bits per heavy atom. The molecule has 0 amide bonds. The molecule has 0 radical (unpaired) electrons. The summed E-state index contributed by atoms with van der Waals surface area (Å²) in [6, 6.07) is 7.84. The lowest BCUT2D eigenvalue weighted by atomic mass is 10.0. The molecule has 86 valence electrons. The number of nitrogens with two attached hydrogens (primary N) is 1. The Balaban J connectivity index is 2.93. The number of benzene rings is 1. The van der Waals surface area contributed by atoms with Crippen LogP contribution in [-0.2, 0) is 16.0 Å². The van der Waals surface area contributed by atoms with E-state index in [-0.39, 0.29) is 5.70 Å². The number of rotatable bonds is 4. The summed E-state index contributed by atoms with van der Waals surface area (Å²) in [4.78, 5) is 11.3. The molecule has 0 atom stereocenters. The van der Waals surface area contributed by atoms with E-state index in [0.29, 0.717) is 6.61 Å². The Hall–Kier alpha value is -1.77. The van der Waals surface area contributed by atoms with Crippen LogP contribution in [0, 0.1) is 0 Å². The number of ether oxygens (including phenoxy) is 1. The van der Waals surface area contributed by atoms with E-state index in [1.54, 1.807) is 13.0 Å². The molecule has 0 aromatic heterocycles. The van der Waals surface area contributed by atoms with Gasteiger partial charge in [0.1, 0.15) is 5.70 Å². The highest BCUT2D eigenvalue weighted by Gasteiger charge is 2.06. The van der Waals surface area contributed by atoms with Crippen LogP contribution in [0.3, 0.4) is 0 Å². The van der Waals surface area contributed by atoms with E-state index in [4.69, 9.17) is 10.5 Å². The lowest BCUT2D eigenvalue weighted by molar-refractivity contribution is -0.138. The Morgan fingerprint density at radius 3 is 2.69 bits per heavy atom. The minimum Gasteiger partial charge on any atom is -0.461 e. The molecule has 0 unspecified atom stereocenters. The first-order chi connectivity index (χ1) is 7.69. The zero-order valence-corrected chi connectivity index (χ0v) is 9.69. The molecule has 0 heterocycles. The van der Waals surface area contributed by atoms with Crippen molar-refractivity contribution in [3.05, 3.63) is 41.1 Å². The summed E-state index contributed by atoms with van der Waals surface area (Å²) in [6.45, 7) is 4.15. The number of carbonyl (C=O) groups is 1. The van der Waals surface area contributed by atoms with Crippen LogP contribution in [0.25, 0.3) is 6.08 Å². The van der Waals surface area contributed by atoms with Crippen molar-refractivity contribution in [3.63, 3.8) is 0 Å². The number of hydrogen-bond acceptors (Lipinski definition) is 3. The first kappa shape index (κ1) is 12.3. The molecule has 0 bridgehead atoms. The minimum absolute atomic E-state index is 0.141. The lowest BCUT2D eigenvalue weighted by Gasteiger charge is -2.05. The lowest BCUT2D eigenvalue weighted by Crippen LogP contribution is -2.14. The van der Waals surface area contributed by atoms with Gasteiger partial charge in [-0.15, -0.1) is 0 Å². The molecular formula is C13H17NO2. The van der Waals surface area contributed by atoms with E-state index in [0.717, 1.165) is 17.5 Å². The van der Waals surface area contributed by atoms with Gasteiger partial charge in [-0.2, -0.15) is 0 Å². The van der Waals surface area contributed by atoms with E-state index >= 15 is 0 Å². The van der Waals surface area contributed by atoms with Gasteiger partial charge in [-0.1, -0.05) is 31.2 Å². The minimum atomic E-state index is -0.464. The van der Waals surface area contributed by atoms with Gasteiger partial charge in [-0.05, 0) is 30.5 Å². The Morgan fingerprint density at radius 1 is 1.38 bits per heavy atom. The highest BCUT2D eigenvalue weighted by atomic mass is 16.5. The second kappa shape index (κ2) is 5.95. The number of esters is 1. The Bertz CT molecular complexity index is 397. The molecule has 0 aliphatic carbocycles. The summed E-state index contributed by atoms with van der Waals surface area (Å²) >= 11 is 0. The van der Waals surface area contributed by atoms with Gasteiger partial charge in [-0.25, -0.2) is 4.79 Å². The average molecular weight is 219 g/mol. The van der Waals surface area contributed by atoms with Crippen LogP contribution < -0.4 is 5.73 Å². The number of aryl methyl sites for hydroxylation is 1. The van der Waals surface area contributed by atoms with Crippen molar-refractivity contribution >= 4 is 12.0 Å². The third-order valence-corrected chi connectivity index (χ3v) is 2.26. The van der Waals surface area contributed by atoms with Crippen LogP contribution in [0.4, 0.5) is 0 Å². The van der Waals surface area contributed by atoms with E-state index in [1.165, 1.54) is 0 Å². The molecule has 1 rings (SSSR count). The van der Waals surface area contributed by atoms with E-state index in [9.17, 15) is 4.79 Å². The fourth-order valence-corrected chi connectivity index (χ4v) is 1.44. The average Bonchev–Trinajstić information content (AvgIpc) is 2.30. The van der Waals surface area contributed by atoms with Crippen LogP contribution in [-0.4, -0.2) is 12.6 Å². The van der Waals surface area contributed by atoms with Gasteiger partial charge in [0.2, 0.25) is 0 Å². The van der Waals surface area contributed by atoms with Gasteiger partial charge in [0, 0.05) is 0 Å². The molecular weight excluding hydrogens is 202 g/mol. The summed E-state index contributed by atoms with van der Waals surface area (Å²) in [6.07, 6.45) is 2.57. The summed E-state index contributed by atoms with van der Waals surface area (Å²) in [5.74, 6) is -0.464. The molecule has 0 spiro atoms. The molecule has 0 aliphatic rings. The fourth-order valence-electron chi connectivity index (χ4n) is 1.44. The molecule has 2 N–H and O–H groups in total. The summed E-state index contributed by atoms with van der Waals surface area (Å²) in [5.41, 5.74) is 7.92. The largest absolute Gasteiger partial charge is 0.461 e. The summed E-state index contributed by atoms with van der Waals surface area (Å²) in [7, 11) is 0. The maximum Gasteiger partial charge on any atom is 0.354 e. The Kier molecular flexibility index (Phi) is 4.58. The SMILES string of the molecule is CCOC(=O)/C(N)=C/c1ccccc1CC. The molecule has 16 heavy (non-hydrogen) atoms. The monoisotopic (exact) mass is 219 g/mol. The van der Waals surface area contributed by atoms with Crippen LogP contribution in [0.5, 0.6) is 0 Å². The molecule has 3 nitrogen and oxygen atoms in total. The van der Waals surface area contributed by atoms with Crippen molar-refractivity contribution in [3.8, 4) is 0 Å². The highest BCUT2D eigenvalue weighted by Crippen LogP contribution is 2.12. The van der Waals surface area contributed by atoms with Crippen LogP contribution >= 0.6 is 0 Å². The topological polar surface area (TPSA) is 52.3 Å². The molecule has 0 aliphatic heterocycles. The molecule has 0 saturated heterocycles. The first-order valence-electron chi connectivity index (χ1n) is 5.41. The molecule has 1 aromatic carbocycles. The van der Waals surface area contributed by atoms with Crippen molar-refractivity contribution in [1.82, 2.24) is 0 Å². The van der Waals surface area contributed by atoms with Crippen molar-refractivity contribution in [2.75, 3.05) is 6.61 Å². The van der Waals surface area contributed by atoms with Gasteiger partial charge in [0.15, 0.2) is 0 Å². The van der Waals surface area contributed by atoms with Crippen LogP contribution in [0.2, 0.25) is 0 Å². The second-order valence-corrected chi connectivity index (χ2v) is 3.37. The first-order valence-corrected chi connectivity index (χ1v) is 5.41. The molecule has 3 heteroatoms. The third kappa shape index (κ3) is 3.12. The predicted molar refractivity (Wildman–Crippen MR) is 64.6 cm³/mol. The van der Waals surface area contributed by atoms with Gasteiger partial charge in [0.05, 0.1) is 6.61 Å². The zero-order valence-electron chi connectivity index (χ0n) is 9.69. The quantitative estimate of drug-likeness (QED) is 0.623. The fraction of sp³-hybridized carbons (Fsp3) is 0.308. The van der Waals surface area contributed by atoms with E-state index < -0.39 is 5.97 Å². The summed E-state index contributed by atoms with van der Waals surface area (Å²) < 4.78 is 4.82. The van der Waals surface area contributed by atoms with Crippen molar-refractivity contribution in [1.29, 1.82) is 0 Å². The zero-order chi connectivity index (χ0) is 12.0. The maximum absolute atomic E-state index is 11.3. The van der Waals surface area contributed by atoms with E-state index in [1.807, 2.05) is 24.3 Å². The van der Waals surface area contributed by atoms with Gasteiger partial charge in [0.25, 0.3) is 0 Å². The standard InChI is InChI=1S/C13H17NO2/c1-3-10-7-5-6-8-11(10)9-12(14)13(15)16-4-2/h5-9H,3-4,14H2,1-2H3/b12-9-. The van der Waals surface area contributed by atoms with Crippen molar-refractivity contribution in [2.24, 2.45) is 5.73 Å². The number of carbonyl (C=O) groups excluding carboxylic acids is 1. The predicted octanol–water partition coefficient (Wildman–Crippen LogP) is 2.11.